The molecule has 15 heteroatoms. The zero-order valence-corrected chi connectivity index (χ0v) is 30.9. The molecule has 0 spiro atoms. The Bertz CT molecular complexity index is 1910. The van der Waals surface area contributed by atoms with Crippen LogP contribution in [0.5, 0.6) is 11.8 Å². The number of halogens is 4. The van der Waals surface area contributed by atoms with Gasteiger partial charge in [0, 0.05) is 74.9 Å². The maximum Gasteiger partial charge on any atom is 0.421 e. The number of fused-ring (bicyclic) bond motifs is 1. The molecule has 4 aliphatic rings. The van der Waals surface area contributed by atoms with Crippen molar-refractivity contribution in [3.63, 3.8) is 0 Å². The second-order valence-corrected chi connectivity index (χ2v) is 14.3. The van der Waals surface area contributed by atoms with E-state index in [1.54, 1.807) is 19.5 Å². The molecule has 1 unspecified atom stereocenters. The highest BCUT2D eigenvalue weighted by Gasteiger charge is 2.45. The van der Waals surface area contributed by atoms with Crippen LogP contribution in [0.25, 0.3) is 0 Å². The molecule has 2 fully saturated rings. The fraction of sp³-hybridized carbons (Fsp3) is 0.462. The highest BCUT2D eigenvalue weighted by atomic mass is 35.5. The normalized spacial score (nSPS) is 23.1. The van der Waals surface area contributed by atoms with Crippen LogP contribution in [0.1, 0.15) is 71.6 Å². The molecule has 7 rings (SSSR count). The Morgan fingerprint density at radius 2 is 1.81 bits per heavy atom. The Morgan fingerprint density at radius 1 is 1.02 bits per heavy atom. The van der Waals surface area contributed by atoms with E-state index in [2.05, 4.69) is 31.2 Å². The summed E-state index contributed by atoms with van der Waals surface area (Å²) in [5.41, 5.74) is 2.24. The van der Waals surface area contributed by atoms with Gasteiger partial charge < -0.3 is 40.2 Å². The van der Waals surface area contributed by atoms with E-state index in [4.69, 9.17) is 30.5 Å². The molecule has 1 amide bonds. The number of hydrogen-bond acceptors (Lipinski definition) is 10. The van der Waals surface area contributed by atoms with Crippen molar-refractivity contribution in [3.8, 4) is 11.8 Å². The minimum atomic E-state index is -4.72. The van der Waals surface area contributed by atoms with E-state index in [0.29, 0.717) is 62.0 Å². The summed E-state index contributed by atoms with van der Waals surface area (Å²) in [6.07, 6.45) is 3.55. The predicted octanol–water partition coefficient (Wildman–Crippen LogP) is 5.53. The predicted molar refractivity (Wildman–Crippen MR) is 195 cm³/mol. The van der Waals surface area contributed by atoms with Gasteiger partial charge in [-0.25, -0.2) is 0 Å². The molecule has 3 aliphatic heterocycles. The third-order valence-corrected chi connectivity index (χ3v) is 11.0. The van der Waals surface area contributed by atoms with Gasteiger partial charge in [-0.05, 0) is 78.6 Å². The van der Waals surface area contributed by atoms with Gasteiger partial charge in [0.15, 0.2) is 5.88 Å². The smallest absolute Gasteiger partial charge is 0.421 e. The summed E-state index contributed by atoms with van der Waals surface area (Å²) in [6.45, 7) is 2.38. The van der Waals surface area contributed by atoms with E-state index in [0.717, 1.165) is 53.2 Å². The third-order valence-electron chi connectivity index (χ3n) is 10.6. The van der Waals surface area contributed by atoms with Gasteiger partial charge in [0.05, 0.1) is 19.3 Å². The van der Waals surface area contributed by atoms with Crippen molar-refractivity contribution in [1.29, 1.82) is 0 Å². The summed E-state index contributed by atoms with van der Waals surface area (Å²) in [5.74, 6) is 0.0884. The average molecular weight is 769 g/mol. The quantitative estimate of drug-likeness (QED) is 0.176. The van der Waals surface area contributed by atoms with Gasteiger partial charge >= 0.3 is 6.18 Å². The van der Waals surface area contributed by atoms with Crippen LogP contribution in [0.4, 0.5) is 13.2 Å². The Morgan fingerprint density at radius 3 is 2.52 bits per heavy atom. The third kappa shape index (κ3) is 7.75. The van der Waals surface area contributed by atoms with Crippen LogP contribution >= 0.6 is 11.6 Å². The molecule has 2 aromatic heterocycles. The Kier molecular flexibility index (Phi) is 11.3. The molecule has 2 saturated heterocycles. The van der Waals surface area contributed by atoms with Crippen molar-refractivity contribution in [2.24, 2.45) is 0 Å². The van der Waals surface area contributed by atoms with Gasteiger partial charge in [-0.1, -0.05) is 29.8 Å². The zero-order chi connectivity index (χ0) is 37.9. The lowest BCUT2D eigenvalue weighted by molar-refractivity contribution is -0.139. The molecule has 5 heterocycles. The number of aromatic nitrogens is 2. The molecule has 4 N–H and O–H groups in total. The number of hydrogen-bond donors (Lipinski definition) is 4. The molecular weight excluding hydrogens is 725 g/mol. The van der Waals surface area contributed by atoms with Crippen LogP contribution in [0.2, 0.25) is 0 Å². The first-order chi connectivity index (χ1) is 26.1. The molecule has 11 nitrogen and oxygen atoms in total. The molecule has 3 atom stereocenters. The first kappa shape index (κ1) is 37.9. The molecular formula is C39H44ClF3N6O5. The fourth-order valence-electron chi connectivity index (χ4n) is 7.82. The van der Waals surface area contributed by atoms with E-state index >= 15 is 0 Å². The lowest BCUT2D eigenvalue weighted by atomic mass is 9.77. The van der Waals surface area contributed by atoms with Gasteiger partial charge in [0.1, 0.15) is 17.2 Å². The van der Waals surface area contributed by atoms with Gasteiger partial charge in [0.25, 0.3) is 0 Å². The van der Waals surface area contributed by atoms with E-state index in [-0.39, 0.29) is 30.4 Å². The summed E-state index contributed by atoms with van der Waals surface area (Å²) in [6, 6.07) is 10.7. The number of methoxy groups -OCH3 is 2. The van der Waals surface area contributed by atoms with Crippen molar-refractivity contribution >= 4 is 17.5 Å². The number of ether oxygens (including phenoxy) is 4. The number of rotatable bonds is 13. The van der Waals surface area contributed by atoms with E-state index in [1.165, 1.54) is 7.11 Å². The van der Waals surface area contributed by atoms with E-state index in [1.807, 2.05) is 36.4 Å². The zero-order valence-electron chi connectivity index (χ0n) is 30.2. The van der Waals surface area contributed by atoms with Gasteiger partial charge in [0.2, 0.25) is 17.7 Å². The van der Waals surface area contributed by atoms with Crippen LogP contribution in [-0.2, 0) is 38.9 Å². The van der Waals surface area contributed by atoms with Crippen molar-refractivity contribution in [2.75, 3.05) is 40.5 Å². The molecule has 54 heavy (non-hydrogen) atoms. The number of nitrogens with zero attached hydrogens (tertiary/aromatic N) is 2. The lowest BCUT2D eigenvalue weighted by Crippen LogP contribution is -2.47. The van der Waals surface area contributed by atoms with Crippen LogP contribution in [0.3, 0.4) is 0 Å². The molecule has 1 aromatic carbocycles. The summed E-state index contributed by atoms with van der Waals surface area (Å²) < 4.78 is 66.9. The standard InChI is InChI=1S/C39H44ClF3N6O5/c1-51-35-23(21-46-26-12-16-53-17-13-26)18-31(39(41,42)43)37(48-35)54-32-8-7-28-29(32)4-3-5-30(28)38(25-10-14-44-15-11-25)33(40)19-24(36(49-38)52-2)20-45-22-27-6-9-34(50)47-27/h3-5,10-11,14-15,18-19,26-27,32,45-46,49H,6-9,12-13,16-17,20-22H2,1-2H3,(H,47,50)/t27-,32-,38?/m0/s1. The number of benzene rings is 1. The molecule has 1 aliphatic carbocycles. The highest BCUT2D eigenvalue weighted by Crippen LogP contribution is 2.49. The van der Waals surface area contributed by atoms with Crippen molar-refractivity contribution < 1.29 is 36.9 Å². The minimum absolute atomic E-state index is 0.0508. The number of amides is 1. The molecule has 0 saturated carbocycles. The molecule has 0 bridgehead atoms. The number of carbonyl (C=O) groups is 1. The maximum atomic E-state index is 14.6. The summed E-state index contributed by atoms with van der Waals surface area (Å²) >= 11 is 7.33. The van der Waals surface area contributed by atoms with Gasteiger partial charge in [-0.2, -0.15) is 18.2 Å². The minimum Gasteiger partial charge on any atom is -0.482 e. The summed E-state index contributed by atoms with van der Waals surface area (Å²) in [7, 11) is 2.97. The monoisotopic (exact) mass is 768 g/mol. The van der Waals surface area contributed by atoms with Crippen LogP contribution in [0.15, 0.2) is 71.4 Å². The number of dihydropyridines is 1. The maximum absolute atomic E-state index is 14.6. The number of carbonyl (C=O) groups excluding carboxylic acids is 1. The Balaban J connectivity index is 1.19. The summed E-state index contributed by atoms with van der Waals surface area (Å²) in [4.78, 5) is 20.2. The SMILES string of the molecule is COC1=C(CNC[C@@H]2CCC(=O)N2)C=C(Cl)C(c2ccncc2)(c2cccc3c2CC[C@@H]3Oc2nc(OC)c(CNC3CCOCC3)cc2C(F)(F)F)N1. The molecule has 0 radical (unpaired) electrons. The average Bonchev–Trinajstić information content (AvgIpc) is 3.79. The largest absolute Gasteiger partial charge is 0.482 e. The van der Waals surface area contributed by atoms with Crippen LogP contribution in [-0.4, -0.2) is 68.5 Å². The highest BCUT2D eigenvalue weighted by molar-refractivity contribution is 6.31. The summed E-state index contributed by atoms with van der Waals surface area (Å²) in [5, 5.41) is 13.8. The lowest BCUT2D eigenvalue weighted by Gasteiger charge is -2.41. The van der Waals surface area contributed by atoms with Gasteiger partial charge in [-0.15, -0.1) is 0 Å². The second kappa shape index (κ2) is 16.2. The second-order valence-electron chi connectivity index (χ2n) is 13.9. The van der Waals surface area contributed by atoms with Gasteiger partial charge in [-0.3, -0.25) is 9.78 Å². The number of pyridine rings is 2. The van der Waals surface area contributed by atoms with Crippen molar-refractivity contribution in [1.82, 2.24) is 31.2 Å². The van der Waals surface area contributed by atoms with Crippen LogP contribution < -0.4 is 30.7 Å². The van der Waals surface area contributed by atoms with E-state index in [9.17, 15) is 18.0 Å². The van der Waals surface area contributed by atoms with Crippen LogP contribution in [0, 0.1) is 0 Å². The fourth-order valence-corrected chi connectivity index (χ4v) is 8.21. The first-order valence-electron chi connectivity index (χ1n) is 18.2. The Hall–Kier alpha value is -4.37. The molecule has 3 aromatic rings. The van der Waals surface area contributed by atoms with Crippen molar-refractivity contribution in [3.05, 3.63) is 105 Å². The molecule has 288 valence electrons. The topological polar surface area (TPSA) is 128 Å². The Labute approximate surface area is 317 Å². The number of nitrogens with one attached hydrogen (secondary N) is 4. The number of alkyl halides is 3. The first-order valence-corrected chi connectivity index (χ1v) is 18.6. The van der Waals surface area contributed by atoms with Crippen molar-refractivity contribution in [2.45, 2.75) is 75.0 Å². The van der Waals surface area contributed by atoms with E-state index < -0.39 is 29.3 Å².